The first-order valence-electron chi connectivity index (χ1n) is 6.25. The molecule has 3 N–H and O–H groups in total. The highest BCUT2D eigenvalue weighted by Crippen LogP contribution is 2.39. The molecular weight excluding hydrogens is 422 g/mol. The third-order valence-electron chi connectivity index (χ3n) is 2.96. The number of carbonyl (C=O) groups excluding carboxylic acids is 1. The largest absolute Gasteiger partial charge is 0.506 e. The van der Waals surface area contributed by atoms with Crippen molar-refractivity contribution in [3.63, 3.8) is 0 Å². The lowest BCUT2D eigenvalue weighted by Crippen LogP contribution is -2.44. The predicted octanol–water partition coefficient (Wildman–Crippen LogP) is 3.65. The summed E-state index contributed by atoms with van der Waals surface area (Å²) in [6, 6.07) is 3.03. The molecule has 0 saturated heterocycles. The molecule has 0 aliphatic rings. The third-order valence-corrected chi connectivity index (χ3v) is 4.37. The summed E-state index contributed by atoms with van der Waals surface area (Å²) >= 11 is 6.42. The average Bonchev–Trinajstić information content (AvgIpc) is 2.78. The summed E-state index contributed by atoms with van der Waals surface area (Å²) in [6.07, 6.45) is -0.213. The number of carbonyl (C=O) groups is 2. The number of halogens is 2. The van der Waals surface area contributed by atoms with E-state index in [0.717, 1.165) is 0 Å². The van der Waals surface area contributed by atoms with Crippen LogP contribution in [0.4, 0.5) is 0 Å². The maximum Gasteiger partial charge on any atom is 0.305 e. The van der Waals surface area contributed by atoms with Crippen LogP contribution < -0.4 is 5.32 Å². The Morgan fingerprint density at radius 3 is 2.55 bits per heavy atom. The van der Waals surface area contributed by atoms with Gasteiger partial charge in [-0.1, -0.05) is 0 Å². The predicted molar refractivity (Wildman–Crippen MR) is 87.1 cm³/mol. The molecule has 0 spiro atoms. The number of benzene rings is 1. The summed E-state index contributed by atoms with van der Waals surface area (Å²) in [4.78, 5) is 23.0. The van der Waals surface area contributed by atoms with E-state index in [0.29, 0.717) is 19.9 Å². The molecule has 1 amide bonds. The number of hydrogen-bond donors (Lipinski definition) is 3. The minimum atomic E-state index is -1.01. The maximum atomic E-state index is 12.2. The Bertz CT molecular complexity index is 766. The molecule has 0 aliphatic carbocycles. The minimum absolute atomic E-state index is 0.00599. The summed E-state index contributed by atoms with van der Waals surface area (Å²) in [5, 5.41) is 21.8. The number of aromatic hydroxyl groups is 1. The van der Waals surface area contributed by atoms with Crippen molar-refractivity contribution in [3.8, 4) is 5.75 Å². The third kappa shape index (κ3) is 3.44. The van der Waals surface area contributed by atoms with Crippen LogP contribution in [0.25, 0.3) is 11.0 Å². The van der Waals surface area contributed by atoms with Gasteiger partial charge in [0.2, 0.25) is 0 Å². The highest BCUT2D eigenvalue weighted by molar-refractivity contribution is 9.11. The van der Waals surface area contributed by atoms with Crippen LogP contribution >= 0.6 is 31.9 Å². The van der Waals surface area contributed by atoms with E-state index in [1.807, 2.05) is 0 Å². The number of phenols is 1. The fourth-order valence-corrected chi connectivity index (χ4v) is 3.20. The van der Waals surface area contributed by atoms with Crippen molar-refractivity contribution in [2.75, 3.05) is 0 Å². The number of fused-ring (bicyclic) bond motifs is 1. The Morgan fingerprint density at radius 2 is 1.95 bits per heavy atom. The first-order valence-corrected chi connectivity index (χ1v) is 7.84. The van der Waals surface area contributed by atoms with E-state index in [-0.39, 0.29) is 17.9 Å². The molecule has 1 aromatic carbocycles. The molecule has 0 atom stereocenters. The van der Waals surface area contributed by atoms with Crippen molar-refractivity contribution < 1.29 is 24.2 Å². The molecule has 0 bridgehead atoms. The van der Waals surface area contributed by atoms with Crippen LogP contribution in [0.5, 0.6) is 5.75 Å². The molecule has 22 heavy (non-hydrogen) atoms. The van der Waals surface area contributed by atoms with Gasteiger partial charge in [0.1, 0.15) is 11.3 Å². The lowest BCUT2D eigenvalue weighted by atomic mass is 10.0. The van der Waals surface area contributed by atoms with Crippen molar-refractivity contribution in [1.29, 1.82) is 0 Å². The molecular formula is C14H13Br2NO5. The molecule has 6 nitrogen and oxygen atoms in total. The van der Waals surface area contributed by atoms with E-state index in [9.17, 15) is 14.7 Å². The lowest BCUT2D eigenvalue weighted by Gasteiger charge is -2.23. The number of amides is 1. The van der Waals surface area contributed by atoms with Crippen molar-refractivity contribution >= 4 is 54.7 Å². The first kappa shape index (κ1) is 16.8. The van der Waals surface area contributed by atoms with Crippen LogP contribution in [-0.2, 0) is 4.79 Å². The molecule has 0 saturated carbocycles. The van der Waals surface area contributed by atoms with Crippen molar-refractivity contribution in [2.24, 2.45) is 0 Å². The van der Waals surface area contributed by atoms with Crippen LogP contribution in [0.15, 0.2) is 25.5 Å². The normalized spacial score (nSPS) is 11.6. The Kier molecular flexibility index (Phi) is 4.53. The van der Waals surface area contributed by atoms with Crippen LogP contribution in [0.1, 0.15) is 30.8 Å². The van der Waals surface area contributed by atoms with Gasteiger partial charge in [-0.3, -0.25) is 9.59 Å². The summed E-state index contributed by atoms with van der Waals surface area (Å²) in [5.74, 6) is -1.49. The minimum Gasteiger partial charge on any atom is -0.506 e. The van der Waals surface area contributed by atoms with Gasteiger partial charge in [-0.05, 0) is 57.8 Å². The lowest BCUT2D eigenvalue weighted by molar-refractivity contribution is -0.138. The Labute approximate surface area is 142 Å². The number of aliphatic carboxylic acids is 1. The zero-order valence-corrected chi connectivity index (χ0v) is 14.9. The summed E-state index contributed by atoms with van der Waals surface area (Å²) in [5.41, 5.74) is -0.500. The van der Waals surface area contributed by atoms with Crippen molar-refractivity contribution in [1.82, 2.24) is 5.32 Å². The van der Waals surface area contributed by atoms with Gasteiger partial charge in [-0.15, -0.1) is 0 Å². The molecule has 1 aromatic heterocycles. The van der Waals surface area contributed by atoms with E-state index in [1.165, 1.54) is 6.07 Å². The highest BCUT2D eigenvalue weighted by atomic mass is 79.9. The van der Waals surface area contributed by atoms with Gasteiger partial charge in [-0.2, -0.15) is 0 Å². The van der Waals surface area contributed by atoms with E-state index in [4.69, 9.17) is 9.52 Å². The Balaban J connectivity index is 2.33. The second-order valence-electron chi connectivity index (χ2n) is 5.45. The number of rotatable bonds is 4. The molecule has 0 unspecified atom stereocenters. The zero-order chi connectivity index (χ0) is 16.7. The van der Waals surface area contributed by atoms with Crippen LogP contribution in [0.3, 0.4) is 0 Å². The van der Waals surface area contributed by atoms with E-state index >= 15 is 0 Å². The number of phenolic OH excluding ortho intramolecular Hbond substituents is 1. The summed E-state index contributed by atoms with van der Waals surface area (Å²) in [6.45, 7) is 3.22. The standard InChI is InChI=1S/C14H13Br2NO5/c1-14(2,5-10(18)19)17-13(21)9-3-6-8(22-9)4-7(15)12(20)11(6)16/h3-4,20H,5H2,1-2H3,(H,17,21)(H,18,19). The fourth-order valence-electron chi connectivity index (χ4n) is 2.00. The van der Waals surface area contributed by atoms with Crippen LogP contribution in [-0.4, -0.2) is 27.6 Å². The van der Waals surface area contributed by atoms with Gasteiger partial charge < -0.3 is 19.9 Å². The molecule has 0 aliphatic heterocycles. The fraction of sp³-hybridized carbons (Fsp3) is 0.286. The molecule has 8 heteroatoms. The van der Waals surface area contributed by atoms with Crippen LogP contribution in [0.2, 0.25) is 0 Å². The first-order chi connectivity index (χ1) is 10.1. The van der Waals surface area contributed by atoms with Gasteiger partial charge >= 0.3 is 5.97 Å². The zero-order valence-electron chi connectivity index (χ0n) is 11.7. The summed E-state index contributed by atoms with van der Waals surface area (Å²) < 4.78 is 6.30. The number of carboxylic acid groups (broad SMARTS) is 1. The van der Waals surface area contributed by atoms with Gasteiger partial charge in [0.05, 0.1) is 15.4 Å². The SMILES string of the molecule is CC(C)(CC(=O)O)NC(=O)c1cc2c(Br)c(O)c(Br)cc2o1. The molecule has 1 heterocycles. The Morgan fingerprint density at radius 1 is 1.32 bits per heavy atom. The number of furan rings is 1. The van der Waals surface area contributed by atoms with Gasteiger partial charge in [0, 0.05) is 10.9 Å². The van der Waals surface area contributed by atoms with E-state index in [1.54, 1.807) is 19.9 Å². The number of carboxylic acids is 1. The average molecular weight is 435 g/mol. The molecule has 0 fully saturated rings. The molecule has 0 radical (unpaired) electrons. The molecule has 2 rings (SSSR count). The van der Waals surface area contributed by atoms with E-state index in [2.05, 4.69) is 37.2 Å². The monoisotopic (exact) mass is 433 g/mol. The van der Waals surface area contributed by atoms with Crippen molar-refractivity contribution in [2.45, 2.75) is 25.8 Å². The van der Waals surface area contributed by atoms with Crippen molar-refractivity contribution in [3.05, 3.63) is 26.8 Å². The second kappa shape index (κ2) is 5.92. The van der Waals surface area contributed by atoms with Gasteiger partial charge in [-0.25, -0.2) is 0 Å². The summed E-state index contributed by atoms with van der Waals surface area (Å²) in [7, 11) is 0. The number of nitrogens with one attached hydrogen (secondary N) is 1. The quantitative estimate of drug-likeness (QED) is 0.681. The van der Waals surface area contributed by atoms with Gasteiger partial charge in [0.25, 0.3) is 5.91 Å². The smallest absolute Gasteiger partial charge is 0.305 e. The maximum absolute atomic E-state index is 12.2. The van der Waals surface area contributed by atoms with E-state index < -0.39 is 17.4 Å². The van der Waals surface area contributed by atoms with Crippen LogP contribution in [0, 0.1) is 0 Å². The van der Waals surface area contributed by atoms with Gasteiger partial charge in [0.15, 0.2) is 5.76 Å². The second-order valence-corrected chi connectivity index (χ2v) is 7.10. The number of hydrogen-bond acceptors (Lipinski definition) is 4. The molecule has 2 aromatic rings. The Hall–Kier alpha value is -1.54. The highest BCUT2D eigenvalue weighted by Gasteiger charge is 2.26. The molecule has 118 valence electrons. The topological polar surface area (TPSA) is 99.8 Å².